The highest BCUT2D eigenvalue weighted by molar-refractivity contribution is 6.33. The Balaban J connectivity index is 1.29. The number of benzene rings is 5. The van der Waals surface area contributed by atoms with Crippen LogP contribution in [0.4, 0.5) is 34.1 Å². The molecule has 0 heterocycles. The molecule has 5 aromatic rings. The van der Waals surface area contributed by atoms with Gasteiger partial charge in [0.05, 0.1) is 28.6 Å². The molecule has 0 aliphatic heterocycles. The number of ketones is 2. The van der Waals surface area contributed by atoms with E-state index in [9.17, 15) is 28.8 Å². The fraction of sp³-hybridized carbons (Fsp3) is 0.280. The molecular weight excluding hydrogens is 1020 g/mol. The summed E-state index contributed by atoms with van der Waals surface area (Å²) < 4.78 is 11.2. The Kier molecular flexibility index (Phi) is 20.9. The van der Waals surface area contributed by atoms with Crippen molar-refractivity contribution >= 4 is 127 Å². The largest absolute Gasteiger partial charge is 0.494 e. The number of anilines is 4. The van der Waals surface area contributed by atoms with Crippen LogP contribution in [0.1, 0.15) is 77.4 Å². The maximum absolute atomic E-state index is 13.6. The molecule has 0 bridgehead atoms. The number of Topliss-reactive ketones (excluding diaryl/α,β-unsaturated/α-hetero) is 2. The van der Waals surface area contributed by atoms with Gasteiger partial charge in [-0.2, -0.15) is 20.5 Å². The lowest BCUT2D eigenvalue weighted by atomic mass is 10.1. The Hall–Kier alpha value is -6.43. The van der Waals surface area contributed by atoms with Crippen LogP contribution in [-0.4, -0.2) is 72.3 Å². The SMILES string of the molecule is CCOc1ccc(CCCl)c(NC(=O)c2ccc(Cl)c(N=NC(C(C)=O)C(=O)Nc3ccc(NC(=O)C(N=Nc4cc(C(=O)Nc5cc(OCC)ccc5CCCl)ccc4Cl)C(C)=O)c(C(C)Cl)c3)c2)c1. The highest BCUT2D eigenvalue weighted by atomic mass is 35.5. The zero-order valence-corrected chi connectivity index (χ0v) is 42.9. The molecule has 0 aliphatic carbocycles. The summed E-state index contributed by atoms with van der Waals surface area (Å²) in [5.41, 5.74) is 3.61. The Morgan fingerprint density at radius 1 is 0.563 bits per heavy atom. The predicted molar refractivity (Wildman–Crippen MR) is 279 cm³/mol. The molecule has 0 saturated carbocycles. The number of carbonyl (C=O) groups excluding carboxylic acids is 6. The third-order valence-electron chi connectivity index (χ3n) is 10.3. The van der Waals surface area contributed by atoms with Crippen molar-refractivity contribution in [1.29, 1.82) is 0 Å². The Morgan fingerprint density at radius 2 is 1.01 bits per heavy atom. The summed E-state index contributed by atoms with van der Waals surface area (Å²) in [7, 11) is 0. The minimum atomic E-state index is -1.65. The smallest absolute Gasteiger partial charge is 0.258 e. The highest BCUT2D eigenvalue weighted by Gasteiger charge is 2.27. The van der Waals surface area contributed by atoms with Gasteiger partial charge in [0.1, 0.15) is 22.9 Å². The van der Waals surface area contributed by atoms with Gasteiger partial charge in [-0.25, -0.2) is 0 Å². The lowest BCUT2D eigenvalue weighted by Gasteiger charge is -2.17. The van der Waals surface area contributed by atoms with Crippen molar-refractivity contribution in [2.24, 2.45) is 20.5 Å². The number of nitrogens with one attached hydrogen (secondary N) is 4. The second kappa shape index (κ2) is 26.7. The van der Waals surface area contributed by atoms with Gasteiger partial charge >= 0.3 is 0 Å². The van der Waals surface area contributed by atoms with Gasteiger partial charge in [-0.3, -0.25) is 28.8 Å². The van der Waals surface area contributed by atoms with Gasteiger partial charge in [0.15, 0.2) is 11.6 Å². The topological polar surface area (TPSA) is 218 Å². The zero-order valence-electron chi connectivity index (χ0n) is 39.1. The number of aryl methyl sites for hydroxylation is 2. The highest BCUT2D eigenvalue weighted by Crippen LogP contribution is 2.33. The van der Waals surface area contributed by atoms with E-state index in [2.05, 4.69) is 41.7 Å². The number of azo groups is 2. The molecule has 3 atom stereocenters. The summed E-state index contributed by atoms with van der Waals surface area (Å²) in [5.74, 6) is -2.28. The summed E-state index contributed by atoms with van der Waals surface area (Å²) in [6.07, 6.45) is 0.979. The minimum absolute atomic E-state index is 0.0120. The molecule has 0 spiro atoms. The van der Waals surface area contributed by atoms with Crippen LogP contribution in [0.15, 0.2) is 111 Å². The van der Waals surface area contributed by atoms with Crippen LogP contribution >= 0.6 is 58.0 Å². The fourth-order valence-corrected chi connectivity index (χ4v) is 7.62. The maximum Gasteiger partial charge on any atom is 0.258 e. The van der Waals surface area contributed by atoms with Crippen molar-refractivity contribution in [1.82, 2.24) is 0 Å². The molecule has 0 aliphatic rings. The van der Waals surface area contributed by atoms with Gasteiger partial charge < -0.3 is 30.7 Å². The second-order valence-corrected chi connectivity index (χ2v) is 17.7. The van der Waals surface area contributed by atoms with Crippen LogP contribution in [0.2, 0.25) is 10.0 Å². The first-order valence-electron chi connectivity index (χ1n) is 22.0. The summed E-state index contributed by atoms with van der Waals surface area (Å²) in [5, 5.41) is 26.6. The molecule has 0 aromatic heterocycles. The third-order valence-corrected chi connectivity index (χ3v) is 11.5. The maximum atomic E-state index is 13.6. The number of halogens is 5. The fourth-order valence-electron chi connectivity index (χ4n) is 6.72. The van der Waals surface area contributed by atoms with Gasteiger partial charge in [0.2, 0.25) is 12.1 Å². The molecule has 4 amide bonds. The number of carbonyl (C=O) groups is 6. The van der Waals surface area contributed by atoms with Crippen LogP contribution in [0, 0.1) is 0 Å². The van der Waals surface area contributed by atoms with E-state index in [1.165, 1.54) is 54.6 Å². The lowest BCUT2D eigenvalue weighted by molar-refractivity contribution is -0.127. The van der Waals surface area contributed by atoms with Gasteiger partial charge in [-0.05, 0) is 131 Å². The second-order valence-electron chi connectivity index (χ2n) is 15.5. The molecule has 5 aromatic carbocycles. The van der Waals surface area contributed by atoms with Crippen LogP contribution in [0.3, 0.4) is 0 Å². The molecular formula is C50H49Cl5N8O8. The molecule has 372 valence electrons. The van der Waals surface area contributed by atoms with Gasteiger partial charge in [-0.1, -0.05) is 35.3 Å². The molecule has 0 radical (unpaired) electrons. The Morgan fingerprint density at radius 3 is 1.42 bits per heavy atom. The Bertz CT molecular complexity index is 2860. The van der Waals surface area contributed by atoms with E-state index in [-0.39, 0.29) is 43.9 Å². The predicted octanol–water partition coefficient (Wildman–Crippen LogP) is 12.5. The summed E-state index contributed by atoms with van der Waals surface area (Å²) in [6, 6.07) is 20.2. The summed E-state index contributed by atoms with van der Waals surface area (Å²) in [6.45, 7) is 8.46. The normalized spacial score (nSPS) is 12.5. The molecule has 4 N–H and O–H groups in total. The standard InChI is InChI=1S/C50H49Cl5N8O8/c1-6-70-35-13-8-30(18-20-51)41(25-35)58-47(66)32-10-15-38(54)43(22-32)60-62-45(28(4)64)49(68)56-34-12-17-40(37(24-34)27(3)53)57-50(69)46(29(5)65)63-61-44-23-33(11-16-39(44)55)48(67)59-42-26-36(71-7-2)14-9-31(42)19-21-52/h8-17,22-27,45-46H,6-7,18-21H2,1-5H3,(H,56,68)(H,57,69)(H,58,66)(H,59,67). The van der Waals surface area contributed by atoms with E-state index in [1.807, 2.05) is 26.0 Å². The van der Waals surface area contributed by atoms with Crippen molar-refractivity contribution in [3.05, 3.63) is 129 Å². The van der Waals surface area contributed by atoms with E-state index in [1.54, 1.807) is 31.2 Å². The number of hydrogen-bond acceptors (Lipinski definition) is 12. The third kappa shape index (κ3) is 15.5. The number of alkyl halides is 3. The molecule has 16 nitrogen and oxygen atoms in total. The zero-order chi connectivity index (χ0) is 51.8. The number of nitrogens with zero attached hydrogens (tertiary/aromatic N) is 4. The van der Waals surface area contributed by atoms with E-state index < -0.39 is 52.7 Å². The van der Waals surface area contributed by atoms with Crippen molar-refractivity contribution < 1.29 is 38.2 Å². The number of hydrogen-bond donors (Lipinski definition) is 4. The van der Waals surface area contributed by atoms with Crippen LogP contribution < -0.4 is 30.7 Å². The average molecular weight is 1070 g/mol. The van der Waals surface area contributed by atoms with Crippen molar-refractivity contribution in [3.63, 3.8) is 0 Å². The quantitative estimate of drug-likeness (QED) is 0.0279. The first kappa shape index (κ1) is 55.5. The molecule has 71 heavy (non-hydrogen) atoms. The molecule has 0 fully saturated rings. The van der Waals surface area contributed by atoms with Crippen LogP contribution in [0.25, 0.3) is 0 Å². The Labute approximate surface area is 435 Å². The van der Waals surface area contributed by atoms with E-state index >= 15 is 0 Å². The molecule has 0 saturated heterocycles. The minimum Gasteiger partial charge on any atom is -0.494 e. The first-order chi connectivity index (χ1) is 34.0. The van der Waals surface area contributed by atoms with Crippen molar-refractivity contribution in [2.75, 3.05) is 46.2 Å². The van der Waals surface area contributed by atoms with E-state index in [0.29, 0.717) is 66.3 Å². The van der Waals surface area contributed by atoms with E-state index in [0.717, 1.165) is 25.0 Å². The number of rotatable bonds is 23. The van der Waals surface area contributed by atoms with Gasteiger partial charge in [-0.15, -0.1) is 34.8 Å². The summed E-state index contributed by atoms with van der Waals surface area (Å²) >= 11 is 31.3. The van der Waals surface area contributed by atoms with Gasteiger partial charge in [0.25, 0.3) is 23.6 Å². The van der Waals surface area contributed by atoms with Crippen molar-refractivity contribution in [3.8, 4) is 11.5 Å². The molecule has 3 unspecified atom stereocenters. The van der Waals surface area contributed by atoms with Crippen molar-refractivity contribution in [2.45, 2.75) is 64.9 Å². The lowest BCUT2D eigenvalue weighted by Crippen LogP contribution is -2.32. The molecule has 5 rings (SSSR count). The van der Waals surface area contributed by atoms with Crippen LogP contribution in [-0.2, 0) is 32.0 Å². The average Bonchev–Trinajstić information content (AvgIpc) is 3.32. The monoisotopic (exact) mass is 1060 g/mol. The number of amides is 4. The van der Waals surface area contributed by atoms with Gasteiger partial charge in [0, 0.05) is 57.8 Å². The number of ether oxygens (including phenoxy) is 2. The van der Waals surface area contributed by atoms with Crippen LogP contribution in [0.5, 0.6) is 11.5 Å². The molecule has 21 heteroatoms. The first-order valence-corrected chi connectivity index (χ1v) is 24.3. The summed E-state index contributed by atoms with van der Waals surface area (Å²) in [4.78, 5) is 79.5. The van der Waals surface area contributed by atoms with E-state index in [4.69, 9.17) is 67.5 Å².